The minimum Gasteiger partial charge on any atom is -0.497 e. The molecule has 0 bridgehead atoms. The van der Waals surface area contributed by atoms with Crippen LogP contribution in [0.5, 0.6) is 5.75 Å². The van der Waals surface area contributed by atoms with Crippen LogP contribution in [0.15, 0.2) is 36.4 Å². The zero-order valence-corrected chi connectivity index (χ0v) is 9.97. The Morgan fingerprint density at radius 3 is 2.72 bits per heavy atom. The van der Waals surface area contributed by atoms with E-state index in [0.717, 1.165) is 22.1 Å². The Bertz CT molecular complexity index is 609. The number of carbonyl (C=O) groups is 1. The Morgan fingerprint density at radius 1 is 1.22 bits per heavy atom. The van der Waals surface area contributed by atoms with Gasteiger partial charge in [-0.1, -0.05) is 18.2 Å². The summed E-state index contributed by atoms with van der Waals surface area (Å²) < 4.78 is 10.1. The summed E-state index contributed by atoms with van der Waals surface area (Å²) in [6.07, 6.45) is -0.352. The fourth-order valence-electron chi connectivity index (χ4n) is 2.15. The molecule has 0 unspecified atom stereocenters. The standard InChI is InChI=1S/C14H13NO3/c1-17-12-5-4-9-6-11(3-2-10(9)7-12)13-8-18-14(16)15-13/h2-7,13H,8H2,1H3,(H,15,16)/t13-/m0/s1. The van der Waals surface area contributed by atoms with Crippen LogP contribution < -0.4 is 10.1 Å². The lowest BCUT2D eigenvalue weighted by atomic mass is 10.0. The van der Waals surface area contributed by atoms with Gasteiger partial charge in [-0.15, -0.1) is 0 Å². The van der Waals surface area contributed by atoms with Crippen molar-refractivity contribution < 1.29 is 14.3 Å². The van der Waals surface area contributed by atoms with Gasteiger partial charge in [0.25, 0.3) is 0 Å². The molecule has 2 aromatic carbocycles. The lowest BCUT2D eigenvalue weighted by Crippen LogP contribution is -2.18. The van der Waals surface area contributed by atoms with Crippen molar-refractivity contribution in [3.05, 3.63) is 42.0 Å². The Hall–Kier alpha value is -2.23. The van der Waals surface area contributed by atoms with Crippen molar-refractivity contribution in [1.29, 1.82) is 0 Å². The Balaban J connectivity index is 1.98. The summed E-state index contributed by atoms with van der Waals surface area (Å²) in [7, 11) is 1.65. The third-order valence-electron chi connectivity index (χ3n) is 3.15. The predicted molar refractivity (Wildman–Crippen MR) is 67.7 cm³/mol. The summed E-state index contributed by atoms with van der Waals surface area (Å²) in [5.74, 6) is 0.841. The van der Waals surface area contributed by atoms with Crippen molar-refractivity contribution in [2.24, 2.45) is 0 Å². The zero-order chi connectivity index (χ0) is 12.5. The minimum atomic E-state index is -0.352. The van der Waals surface area contributed by atoms with Gasteiger partial charge in [0.05, 0.1) is 13.2 Å². The summed E-state index contributed by atoms with van der Waals surface area (Å²) >= 11 is 0. The Kier molecular flexibility index (Phi) is 2.55. The van der Waals surface area contributed by atoms with E-state index in [0.29, 0.717) is 6.61 Å². The molecule has 92 valence electrons. The molecule has 1 aliphatic rings. The van der Waals surface area contributed by atoms with Gasteiger partial charge in [0.1, 0.15) is 12.4 Å². The smallest absolute Gasteiger partial charge is 0.407 e. The van der Waals surface area contributed by atoms with E-state index in [1.165, 1.54) is 0 Å². The molecule has 1 N–H and O–H groups in total. The highest BCUT2D eigenvalue weighted by Gasteiger charge is 2.23. The normalized spacial score (nSPS) is 18.5. The molecule has 1 aliphatic heterocycles. The maximum atomic E-state index is 11.0. The summed E-state index contributed by atoms with van der Waals surface area (Å²) in [4.78, 5) is 11.0. The van der Waals surface area contributed by atoms with Gasteiger partial charge in [0, 0.05) is 0 Å². The molecular weight excluding hydrogens is 230 g/mol. The molecule has 1 amide bonds. The SMILES string of the molecule is COc1ccc2cc([C@@H]3COC(=O)N3)ccc2c1. The summed E-state index contributed by atoms with van der Waals surface area (Å²) in [6.45, 7) is 0.389. The molecule has 1 atom stereocenters. The van der Waals surface area contributed by atoms with Gasteiger partial charge < -0.3 is 14.8 Å². The number of cyclic esters (lactones) is 1. The van der Waals surface area contributed by atoms with E-state index < -0.39 is 0 Å². The molecule has 3 rings (SSSR count). The fourth-order valence-corrected chi connectivity index (χ4v) is 2.15. The average Bonchev–Trinajstić information content (AvgIpc) is 2.84. The number of alkyl carbamates (subject to hydrolysis) is 1. The first-order valence-electron chi connectivity index (χ1n) is 5.77. The van der Waals surface area contributed by atoms with Crippen LogP contribution in [0.2, 0.25) is 0 Å². The van der Waals surface area contributed by atoms with Gasteiger partial charge in [-0.05, 0) is 34.5 Å². The van der Waals surface area contributed by atoms with Crippen LogP contribution in [0.3, 0.4) is 0 Å². The van der Waals surface area contributed by atoms with Crippen LogP contribution in [0.4, 0.5) is 4.79 Å². The summed E-state index contributed by atoms with van der Waals surface area (Å²) in [6, 6.07) is 12.0. The number of rotatable bonds is 2. The number of benzene rings is 2. The van der Waals surface area contributed by atoms with Crippen molar-refractivity contribution >= 4 is 16.9 Å². The first-order valence-corrected chi connectivity index (χ1v) is 5.77. The van der Waals surface area contributed by atoms with Crippen molar-refractivity contribution in [3.63, 3.8) is 0 Å². The van der Waals surface area contributed by atoms with Gasteiger partial charge in [-0.25, -0.2) is 4.79 Å². The van der Waals surface area contributed by atoms with E-state index in [4.69, 9.17) is 9.47 Å². The Morgan fingerprint density at radius 2 is 2.00 bits per heavy atom. The van der Waals surface area contributed by atoms with Crippen LogP contribution >= 0.6 is 0 Å². The van der Waals surface area contributed by atoms with E-state index in [-0.39, 0.29) is 12.1 Å². The number of hydrogen-bond acceptors (Lipinski definition) is 3. The number of nitrogens with one attached hydrogen (secondary N) is 1. The van der Waals surface area contributed by atoms with Crippen LogP contribution in [-0.2, 0) is 4.74 Å². The highest BCUT2D eigenvalue weighted by atomic mass is 16.6. The zero-order valence-electron chi connectivity index (χ0n) is 9.97. The quantitative estimate of drug-likeness (QED) is 0.882. The molecule has 4 nitrogen and oxygen atoms in total. The predicted octanol–water partition coefficient (Wildman–Crippen LogP) is 2.63. The van der Waals surface area contributed by atoms with Gasteiger partial charge >= 0.3 is 6.09 Å². The molecule has 1 heterocycles. The van der Waals surface area contributed by atoms with Crippen molar-refractivity contribution in [2.45, 2.75) is 6.04 Å². The van der Waals surface area contributed by atoms with Crippen LogP contribution in [0, 0.1) is 0 Å². The number of ether oxygens (including phenoxy) is 2. The second-order valence-corrected chi connectivity index (χ2v) is 4.27. The molecule has 0 radical (unpaired) electrons. The van der Waals surface area contributed by atoms with Crippen molar-refractivity contribution in [2.75, 3.05) is 13.7 Å². The van der Waals surface area contributed by atoms with E-state index in [1.807, 2.05) is 30.3 Å². The molecule has 18 heavy (non-hydrogen) atoms. The lowest BCUT2D eigenvalue weighted by Gasteiger charge is -2.09. The molecule has 4 heteroatoms. The first-order chi connectivity index (χ1) is 8.76. The van der Waals surface area contributed by atoms with Gasteiger partial charge in [-0.3, -0.25) is 0 Å². The van der Waals surface area contributed by atoms with Crippen LogP contribution in [0.25, 0.3) is 10.8 Å². The van der Waals surface area contributed by atoms with Crippen molar-refractivity contribution in [3.8, 4) is 5.75 Å². The Labute approximate surface area is 105 Å². The molecule has 0 spiro atoms. The number of amides is 1. The first kappa shape index (κ1) is 10.9. The molecule has 1 fully saturated rings. The van der Waals surface area contributed by atoms with E-state index in [1.54, 1.807) is 7.11 Å². The van der Waals surface area contributed by atoms with E-state index in [9.17, 15) is 4.79 Å². The highest BCUT2D eigenvalue weighted by Crippen LogP contribution is 2.25. The van der Waals surface area contributed by atoms with Crippen LogP contribution in [0.1, 0.15) is 11.6 Å². The molecule has 0 aliphatic carbocycles. The number of hydrogen-bond donors (Lipinski definition) is 1. The van der Waals surface area contributed by atoms with E-state index in [2.05, 4.69) is 11.4 Å². The van der Waals surface area contributed by atoms with Gasteiger partial charge in [0.2, 0.25) is 0 Å². The lowest BCUT2D eigenvalue weighted by molar-refractivity contribution is 0.177. The summed E-state index contributed by atoms with van der Waals surface area (Å²) in [5.41, 5.74) is 1.05. The van der Waals surface area contributed by atoms with Crippen LogP contribution in [-0.4, -0.2) is 19.8 Å². The molecule has 2 aromatic rings. The maximum absolute atomic E-state index is 11.0. The minimum absolute atomic E-state index is 0.0519. The van der Waals surface area contributed by atoms with Gasteiger partial charge in [-0.2, -0.15) is 0 Å². The monoisotopic (exact) mass is 243 g/mol. The van der Waals surface area contributed by atoms with E-state index >= 15 is 0 Å². The molecule has 0 aromatic heterocycles. The topological polar surface area (TPSA) is 47.6 Å². The van der Waals surface area contributed by atoms with Gasteiger partial charge in [0.15, 0.2) is 0 Å². The third-order valence-corrected chi connectivity index (χ3v) is 3.15. The molecule has 0 saturated carbocycles. The third kappa shape index (κ3) is 1.86. The number of carbonyl (C=O) groups excluding carboxylic acids is 1. The maximum Gasteiger partial charge on any atom is 0.407 e. The molecule has 1 saturated heterocycles. The highest BCUT2D eigenvalue weighted by molar-refractivity contribution is 5.85. The average molecular weight is 243 g/mol. The molecular formula is C14H13NO3. The van der Waals surface area contributed by atoms with Crippen molar-refractivity contribution in [1.82, 2.24) is 5.32 Å². The second-order valence-electron chi connectivity index (χ2n) is 4.27. The largest absolute Gasteiger partial charge is 0.497 e. The number of fused-ring (bicyclic) bond motifs is 1. The summed E-state index contributed by atoms with van der Waals surface area (Å²) in [5, 5.41) is 5.01. The second kappa shape index (κ2) is 4.22. The number of methoxy groups -OCH3 is 1. The fraction of sp³-hybridized carbons (Fsp3) is 0.214.